The van der Waals surface area contributed by atoms with E-state index in [2.05, 4.69) is 39.7 Å². The number of anilines is 2. The third kappa shape index (κ3) is 4.68. The van der Waals surface area contributed by atoms with Crippen molar-refractivity contribution in [1.29, 1.82) is 0 Å². The van der Waals surface area contributed by atoms with Crippen LogP contribution in [0.5, 0.6) is 5.75 Å². The van der Waals surface area contributed by atoms with Gasteiger partial charge in [-0.15, -0.1) is 0 Å². The quantitative estimate of drug-likeness (QED) is 0.588. The van der Waals surface area contributed by atoms with Gasteiger partial charge in [0.2, 0.25) is 5.95 Å². The third-order valence-corrected chi connectivity index (χ3v) is 6.68. The van der Waals surface area contributed by atoms with Crippen molar-refractivity contribution in [3.8, 4) is 5.75 Å². The molecule has 2 saturated heterocycles. The van der Waals surface area contributed by atoms with E-state index in [1.165, 1.54) is 13.0 Å². The molecule has 0 amide bonds. The average Bonchev–Trinajstić information content (AvgIpc) is 3.15. The Balaban J connectivity index is 1.64. The normalized spacial score (nSPS) is 21.1. The fourth-order valence-electron chi connectivity index (χ4n) is 4.24. The number of nitrogens with one attached hydrogen (secondary N) is 1. The fourth-order valence-corrected chi connectivity index (χ4v) is 4.91. The minimum Gasteiger partial charge on any atom is -0.496 e. The zero-order valence-electron chi connectivity index (χ0n) is 17.1. The van der Waals surface area contributed by atoms with Crippen LogP contribution in [0.15, 0.2) is 12.1 Å². The monoisotopic (exact) mass is 513 g/mol. The first-order chi connectivity index (χ1) is 14.1. The van der Waals surface area contributed by atoms with Crippen molar-refractivity contribution in [2.75, 3.05) is 50.1 Å². The molecule has 29 heavy (non-hydrogen) atoms. The number of rotatable bonds is 6. The molecule has 1 atom stereocenters. The van der Waals surface area contributed by atoms with Crippen LogP contribution in [0.4, 0.5) is 16.2 Å². The number of aromatic nitrogens is 2. The molecule has 2 aliphatic rings. The van der Waals surface area contributed by atoms with Crippen LogP contribution in [0.2, 0.25) is 0 Å². The van der Waals surface area contributed by atoms with Crippen molar-refractivity contribution in [2.24, 2.45) is 0 Å². The second-order valence-corrected chi connectivity index (χ2v) is 9.13. The number of hydrogen-bond acceptors (Lipinski definition) is 6. The molecule has 158 valence electrons. The lowest BCUT2D eigenvalue weighted by Crippen LogP contribution is -2.39. The maximum atomic E-state index is 13.8. The molecule has 1 unspecified atom stereocenters. The highest BCUT2D eigenvalue weighted by Crippen LogP contribution is 2.33. The largest absolute Gasteiger partial charge is 0.496 e. The molecule has 0 aliphatic carbocycles. The summed E-state index contributed by atoms with van der Waals surface area (Å²) in [4.78, 5) is 14.1. The van der Waals surface area contributed by atoms with Gasteiger partial charge in [0, 0.05) is 31.1 Å². The molecule has 0 spiro atoms. The predicted molar refractivity (Wildman–Crippen MR) is 124 cm³/mol. The molecule has 4 rings (SSSR count). The van der Waals surface area contributed by atoms with Gasteiger partial charge in [0.15, 0.2) is 0 Å². The first kappa shape index (κ1) is 20.8. The summed E-state index contributed by atoms with van der Waals surface area (Å²) in [6.45, 7) is 6.65. The Morgan fingerprint density at radius 3 is 2.66 bits per heavy atom. The summed E-state index contributed by atoms with van der Waals surface area (Å²) >= 11 is 2.26. The number of benzene rings is 1. The molecule has 8 heteroatoms. The van der Waals surface area contributed by atoms with E-state index >= 15 is 0 Å². The predicted octanol–water partition coefficient (Wildman–Crippen LogP) is 4.08. The van der Waals surface area contributed by atoms with Crippen LogP contribution in [0.25, 0.3) is 10.9 Å². The van der Waals surface area contributed by atoms with E-state index in [1.807, 2.05) is 17.0 Å². The van der Waals surface area contributed by atoms with Crippen molar-refractivity contribution in [2.45, 2.75) is 44.8 Å². The molecule has 0 bridgehead atoms. The molecule has 3 heterocycles. The minimum atomic E-state index is -0.801. The number of ether oxygens (including phenoxy) is 1. The van der Waals surface area contributed by atoms with Crippen LogP contribution >= 0.6 is 22.6 Å². The summed E-state index contributed by atoms with van der Waals surface area (Å²) in [7, 11) is 1.68. The van der Waals surface area contributed by atoms with E-state index in [0.717, 1.165) is 52.0 Å². The summed E-state index contributed by atoms with van der Waals surface area (Å²) in [5.74, 6) is 2.26. The molecule has 6 nitrogen and oxygen atoms in total. The van der Waals surface area contributed by atoms with Crippen LogP contribution in [-0.4, -0.2) is 66.9 Å². The molecule has 0 saturated carbocycles. The Labute approximate surface area is 185 Å². The highest BCUT2D eigenvalue weighted by Gasteiger charge is 2.26. The van der Waals surface area contributed by atoms with E-state index in [9.17, 15) is 4.39 Å². The molecule has 1 aromatic carbocycles. The first-order valence-corrected chi connectivity index (χ1v) is 11.6. The lowest BCUT2D eigenvalue weighted by atomic mass is 10.0. The highest BCUT2D eigenvalue weighted by molar-refractivity contribution is 14.1. The van der Waals surface area contributed by atoms with E-state index in [-0.39, 0.29) is 0 Å². The molecular formula is C21H29FIN5O. The number of fused-ring (bicyclic) bond motifs is 1. The third-order valence-electron chi connectivity index (χ3n) is 5.84. The average molecular weight is 513 g/mol. The topological polar surface area (TPSA) is 53.5 Å². The number of hydrogen-bond donors (Lipinski definition) is 1. The maximum Gasteiger partial charge on any atom is 0.227 e. The molecule has 1 N–H and O–H groups in total. The second kappa shape index (κ2) is 9.16. The van der Waals surface area contributed by atoms with Crippen molar-refractivity contribution in [3.05, 3.63) is 15.7 Å². The standard InChI is InChI=1S/C21H29FIN5O/c1-3-7-27-8-5-15(6-9-27)24-20-16-11-19(29-2)17(23)12-18(16)25-21(26-20)28-10-4-14(22)13-28/h11-12,14-15H,3-10,13H2,1-2H3,(H,24,25,26). The van der Waals surface area contributed by atoms with Crippen LogP contribution in [0.3, 0.4) is 0 Å². The highest BCUT2D eigenvalue weighted by atomic mass is 127. The Kier molecular flexibility index (Phi) is 6.58. The maximum absolute atomic E-state index is 13.8. The molecule has 2 fully saturated rings. The van der Waals surface area contributed by atoms with Crippen LogP contribution in [-0.2, 0) is 0 Å². The van der Waals surface area contributed by atoms with Gasteiger partial charge < -0.3 is 19.9 Å². The summed E-state index contributed by atoms with van der Waals surface area (Å²) in [5, 5.41) is 4.63. The number of halogens is 2. The zero-order valence-corrected chi connectivity index (χ0v) is 19.3. The van der Waals surface area contributed by atoms with Gasteiger partial charge in [-0.1, -0.05) is 6.92 Å². The van der Waals surface area contributed by atoms with Gasteiger partial charge in [-0.2, -0.15) is 4.98 Å². The Bertz CT molecular complexity index is 859. The lowest BCUT2D eigenvalue weighted by Gasteiger charge is -2.32. The van der Waals surface area contributed by atoms with Gasteiger partial charge in [0.1, 0.15) is 17.7 Å². The summed E-state index contributed by atoms with van der Waals surface area (Å²) in [6.07, 6.45) is 3.13. The number of methoxy groups -OCH3 is 1. The number of likely N-dealkylation sites (tertiary alicyclic amines) is 1. The van der Waals surface area contributed by atoms with E-state index < -0.39 is 6.17 Å². The van der Waals surface area contributed by atoms with Crippen LogP contribution in [0.1, 0.15) is 32.6 Å². The number of piperidine rings is 1. The van der Waals surface area contributed by atoms with E-state index in [4.69, 9.17) is 14.7 Å². The van der Waals surface area contributed by atoms with Gasteiger partial charge in [-0.25, -0.2) is 9.37 Å². The minimum absolute atomic E-state index is 0.369. The van der Waals surface area contributed by atoms with Crippen LogP contribution in [0, 0.1) is 3.57 Å². The first-order valence-electron chi connectivity index (χ1n) is 10.5. The summed E-state index contributed by atoms with van der Waals surface area (Å²) in [5.41, 5.74) is 0.869. The zero-order chi connectivity index (χ0) is 20.4. The fraction of sp³-hybridized carbons (Fsp3) is 0.619. The second-order valence-electron chi connectivity index (χ2n) is 7.97. The number of nitrogens with zero attached hydrogens (tertiary/aromatic N) is 4. The Morgan fingerprint density at radius 2 is 2.00 bits per heavy atom. The van der Waals surface area contributed by atoms with Crippen molar-refractivity contribution >= 4 is 45.3 Å². The van der Waals surface area contributed by atoms with E-state index in [0.29, 0.717) is 31.5 Å². The number of alkyl halides is 1. The molecule has 0 radical (unpaired) electrons. The lowest BCUT2D eigenvalue weighted by molar-refractivity contribution is 0.219. The van der Waals surface area contributed by atoms with Gasteiger partial charge in [0.05, 0.1) is 22.7 Å². The van der Waals surface area contributed by atoms with Gasteiger partial charge in [0.25, 0.3) is 0 Å². The molecular weight excluding hydrogens is 484 g/mol. The van der Waals surface area contributed by atoms with Gasteiger partial charge in [-0.3, -0.25) is 0 Å². The Morgan fingerprint density at radius 1 is 1.21 bits per heavy atom. The van der Waals surface area contributed by atoms with Crippen molar-refractivity contribution < 1.29 is 9.13 Å². The Hall–Kier alpha value is -1.42. The SMILES string of the molecule is CCCN1CCC(Nc2nc(N3CCC(F)C3)nc3cc(I)c(OC)cc23)CC1. The van der Waals surface area contributed by atoms with Gasteiger partial charge >= 0.3 is 0 Å². The van der Waals surface area contributed by atoms with Crippen LogP contribution < -0.4 is 15.0 Å². The van der Waals surface area contributed by atoms with Crippen molar-refractivity contribution in [3.63, 3.8) is 0 Å². The van der Waals surface area contributed by atoms with Gasteiger partial charge in [-0.05, 0) is 67.0 Å². The molecule has 1 aromatic heterocycles. The molecule has 2 aliphatic heterocycles. The smallest absolute Gasteiger partial charge is 0.227 e. The van der Waals surface area contributed by atoms with Crippen molar-refractivity contribution in [1.82, 2.24) is 14.9 Å². The summed E-state index contributed by atoms with van der Waals surface area (Å²) < 4.78 is 20.3. The summed E-state index contributed by atoms with van der Waals surface area (Å²) in [6, 6.07) is 4.42. The molecule has 2 aromatic rings. The van der Waals surface area contributed by atoms with E-state index in [1.54, 1.807) is 7.11 Å².